The fourth-order valence-electron chi connectivity index (χ4n) is 4.22. The lowest BCUT2D eigenvalue weighted by molar-refractivity contribution is 0.0281. The molecule has 31 heavy (non-hydrogen) atoms. The predicted molar refractivity (Wildman–Crippen MR) is 123 cm³/mol. The van der Waals surface area contributed by atoms with Crippen molar-refractivity contribution in [3.63, 3.8) is 0 Å². The highest BCUT2D eigenvalue weighted by molar-refractivity contribution is 5.68. The maximum atomic E-state index is 12.4. The number of carbonyl (C=O) groups is 1. The standard InChI is InChI=1S/C24H32N4O3/c29-23(19-25-11-13-26(14-12-25)21-7-3-1-4-8-21)20-31-24(30)28-17-15-27(16-18-28)22-9-5-2-6-10-22/h1-10,23,29H,11-20H2. The second-order valence-corrected chi connectivity index (χ2v) is 8.16. The first-order valence-electron chi connectivity index (χ1n) is 11.1. The first kappa shape index (κ1) is 21.5. The van der Waals surface area contributed by atoms with Crippen LogP contribution in [0, 0.1) is 0 Å². The van der Waals surface area contributed by atoms with Crippen LogP contribution in [0.4, 0.5) is 16.2 Å². The van der Waals surface area contributed by atoms with Crippen molar-refractivity contribution in [2.45, 2.75) is 6.10 Å². The molecule has 1 unspecified atom stereocenters. The summed E-state index contributed by atoms with van der Waals surface area (Å²) in [6.07, 6.45) is -1.00. The molecule has 2 aromatic carbocycles. The molecule has 2 aliphatic rings. The number of ether oxygens (including phenoxy) is 1. The molecule has 2 saturated heterocycles. The maximum Gasteiger partial charge on any atom is 0.409 e. The Labute approximate surface area is 184 Å². The number of anilines is 2. The van der Waals surface area contributed by atoms with Crippen molar-refractivity contribution in [1.82, 2.24) is 9.80 Å². The molecule has 7 nitrogen and oxygen atoms in total. The number of β-amino-alcohol motifs (C(OH)–C–C–N with tert-alkyl or cyclic N) is 1. The number of hydrogen-bond donors (Lipinski definition) is 1. The second kappa shape index (κ2) is 10.5. The molecule has 0 radical (unpaired) electrons. The molecule has 0 saturated carbocycles. The molecule has 0 spiro atoms. The molecule has 2 fully saturated rings. The van der Waals surface area contributed by atoms with Gasteiger partial charge in [-0.1, -0.05) is 36.4 Å². The molecule has 1 atom stereocenters. The molecule has 166 valence electrons. The summed E-state index contributed by atoms with van der Waals surface area (Å²) in [5.74, 6) is 0. The number of para-hydroxylation sites is 2. The van der Waals surface area contributed by atoms with Gasteiger partial charge in [0, 0.05) is 70.3 Å². The normalized spacial score (nSPS) is 18.7. The molecular weight excluding hydrogens is 392 g/mol. The van der Waals surface area contributed by atoms with Crippen molar-refractivity contribution in [2.24, 2.45) is 0 Å². The minimum Gasteiger partial charge on any atom is -0.447 e. The maximum absolute atomic E-state index is 12.4. The summed E-state index contributed by atoms with van der Waals surface area (Å²) in [6.45, 7) is 7.04. The van der Waals surface area contributed by atoms with E-state index in [0.717, 1.165) is 39.3 Å². The third-order valence-electron chi connectivity index (χ3n) is 6.02. The largest absolute Gasteiger partial charge is 0.447 e. The molecule has 0 bridgehead atoms. The number of amides is 1. The third-order valence-corrected chi connectivity index (χ3v) is 6.02. The summed E-state index contributed by atoms with van der Waals surface area (Å²) >= 11 is 0. The van der Waals surface area contributed by atoms with Crippen LogP contribution in [-0.4, -0.2) is 92.6 Å². The lowest BCUT2D eigenvalue weighted by Gasteiger charge is -2.37. The molecule has 4 rings (SSSR count). The van der Waals surface area contributed by atoms with Gasteiger partial charge >= 0.3 is 6.09 Å². The van der Waals surface area contributed by atoms with Crippen molar-refractivity contribution in [3.05, 3.63) is 60.7 Å². The van der Waals surface area contributed by atoms with Gasteiger partial charge in [0.25, 0.3) is 0 Å². The van der Waals surface area contributed by atoms with Crippen LogP contribution < -0.4 is 9.80 Å². The molecule has 0 aliphatic carbocycles. The van der Waals surface area contributed by atoms with E-state index < -0.39 is 6.10 Å². The summed E-state index contributed by atoms with van der Waals surface area (Å²) in [5.41, 5.74) is 2.42. The van der Waals surface area contributed by atoms with Gasteiger partial charge in [0.1, 0.15) is 12.7 Å². The van der Waals surface area contributed by atoms with Gasteiger partial charge in [0.15, 0.2) is 0 Å². The van der Waals surface area contributed by atoms with E-state index in [2.05, 4.69) is 51.1 Å². The molecule has 2 heterocycles. The number of aliphatic hydroxyl groups is 1. The van der Waals surface area contributed by atoms with E-state index in [4.69, 9.17) is 4.74 Å². The highest BCUT2D eigenvalue weighted by atomic mass is 16.6. The zero-order valence-electron chi connectivity index (χ0n) is 18.0. The van der Waals surface area contributed by atoms with Gasteiger partial charge in [-0.3, -0.25) is 4.90 Å². The number of benzene rings is 2. The quantitative estimate of drug-likeness (QED) is 0.767. The first-order valence-corrected chi connectivity index (χ1v) is 11.1. The SMILES string of the molecule is O=C(OCC(O)CN1CCN(c2ccccc2)CC1)N1CCN(c2ccccc2)CC1. The molecule has 0 aromatic heterocycles. The Hall–Kier alpha value is -2.77. The van der Waals surface area contributed by atoms with Gasteiger partial charge in [0.2, 0.25) is 0 Å². The lowest BCUT2D eigenvalue weighted by atomic mass is 10.2. The number of aliphatic hydroxyl groups excluding tert-OH is 1. The van der Waals surface area contributed by atoms with E-state index in [9.17, 15) is 9.90 Å². The van der Waals surface area contributed by atoms with E-state index in [0.29, 0.717) is 19.6 Å². The summed E-state index contributed by atoms with van der Waals surface area (Å²) in [4.78, 5) is 21.0. The Morgan fingerprint density at radius 3 is 1.77 bits per heavy atom. The van der Waals surface area contributed by atoms with Gasteiger partial charge in [0.05, 0.1) is 0 Å². The van der Waals surface area contributed by atoms with Crippen molar-refractivity contribution in [2.75, 3.05) is 75.3 Å². The van der Waals surface area contributed by atoms with Crippen molar-refractivity contribution >= 4 is 17.5 Å². The van der Waals surface area contributed by atoms with Crippen LogP contribution in [0.2, 0.25) is 0 Å². The lowest BCUT2D eigenvalue weighted by Crippen LogP contribution is -2.50. The minimum absolute atomic E-state index is 0.0383. The molecule has 1 N–H and O–H groups in total. The highest BCUT2D eigenvalue weighted by Crippen LogP contribution is 2.17. The first-order chi connectivity index (χ1) is 15.2. The average molecular weight is 425 g/mol. The molecule has 2 aliphatic heterocycles. The summed E-state index contributed by atoms with van der Waals surface area (Å²) in [6, 6.07) is 20.6. The second-order valence-electron chi connectivity index (χ2n) is 8.16. The van der Waals surface area contributed by atoms with E-state index in [1.165, 1.54) is 11.4 Å². The Balaban J connectivity index is 1.14. The number of piperazine rings is 2. The summed E-state index contributed by atoms with van der Waals surface area (Å²) in [5, 5.41) is 10.4. The van der Waals surface area contributed by atoms with Crippen molar-refractivity contribution in [1.29, 1.82) is 0 Å². The Morgan fingerprint density at radius 1 is 0.774 bits per heavy atom. The van der Waals surface area contributed by atoms with Gasteiger partial charge in [-0.2, -0.15) is 0 Å². The van der Waals surface area contributed by atoms with Gasteiger partial charge < -0.3 is 24.5 Å². The zero-order chi connectivity index (χ0) is 21.5. The molecule has 2 aromatic rings. The van der Waals surface area contributed by atoms with Gasteiger partial charge in [-0.05, 0) is 24.3 Å². The zero-order valence-corrected chi connectivity index (χ0v) is 18.0. The van der Waals surface area contributed by atoms with Crippen LogP contribution in [0.25, 0.3) is 0 Å². The van der Waals surface area contributed by atoms with Crippen LogP contribution in [-0.2, 0) is 4.74 Å². The minimum atomic E-state index is -0.669. The van der Waals surface area contributed by atoms with Gasteiger partial charge in [-0.25, -0.2) is 4.79 Å². The molecule has 1 amide bonds. The summed E-state index contributed by atoms with van der Waals surface area (Å²) < 4.78 is 5.40. The number of rotatable bonds is 6. The van der Waals surface area contributed by atoms with Crippen molar-refractivity contribution in [3.8, 4) is 0 Å². The Kier molecular flexibility index (Phi) is 7.27. The summed E-state index contributed by atoms with van der Waals surface area (Å²) in [7, 11) is 0. The Bertz CT molecular complexity index is 804. The van der Waals surface area contributed by atoms with Crippen LogP contribution >= 0.6 is 0 Å². The van der Waals surface area contributed by atoms with Crippen LogP contribution in [0.5, 0.6) is 0 Å². The topological polar surface area (TPSA) is 59.5 Å². The van der Waals surface area contributed by atoms with Crippen LogP contribution in [0.3, 0.4) is 0 Å². The highest BCUT2D eigenvalue weighted by Gasteiger charge is 2.24. The van der Waals surface area contributed by atoms with E-state index >= 15 is 0 Å². The van der Waals surface area contributed by atoms with E-state index in [1.54, 1.807) is 4.90 Å². The third kappa shape index (κ3) is 5.89. The molecular formula is C24H32N4O3. The fourth-order valence-corrected chi connectivity index (χ4v) is 4.22. The van der Waals surface area contributed by atoms with E-state index in [-0.39, 0.29) is 12.7 Å². The Morgan fingerprint density at radius 2 is 1.26 bits per heavy atom. The number of hydrogen-bond acceptors (Lipinski definition) is 6. The number of carbonyl (C=O) groups excluding carboxylic acids is 1. The van der Waals surface area contributed by atoms with Crippen LogP contribution in [0.1, 0.15) is 0 Å². The predicted octanol–water partition coefficient (Wildman–Crippen LogP) is 2.13. The van der Waals surface area contributed by atoms with Gasteiger partial charge in [-0.15, -0.1) is 0 Å². The number of nitrogens with zero attached hydrogens (tertiary/aromatic N) is 4. The van der Waals surface area contributed by atoms with Crippen molar-refractivity contribution < 1.29 is 14.6 Å². The van der Waals surface area contributed by atoms with Crippen LogP contribution in [0.15, 0.2) is 60.7 Å². The monoisotopic (exact) mass is 424 g/mol. The van der Waals surface area contributed by atoms with E-state index in [1.807, 2.05) is 24.3 Å². The smallest absolute Gasteiger partial charge is 0.409 e. The average Bonchev–Trinajstić information content (AvgIpc) is 2.84. The molecule has 7 heteroatoms. The fraction of sp³-hybridized carbons (Fsp3) is 0.458.